The molecule has 1 aliphatic rings. The van der Waals surface area contributed by atoms with E-state index in [2.05, 4.69) is 4.98 Å². The molecule has 94 valence electrons. The largest absolute Gasteiger partial charge is 0.468 e. The first-order valence-electron chi connectivity index (χ1n) is 6.01. The SMILES string of the molecule is COC1=c2c(cc3cncc4cccc2c43)OCO1. The van der Waals surface area contributed by atoms with Gasteiger partial charge < -0.3 is 14.2 Å². The maximum absolute atomic E-state index is 5.58. The maximum Gasteiger partial charge on any atom is 0.293 e. The molecule has 0 bridgehead atoms. The number of methoxy groups -OCH3 is 1. The van der Waals surface area contributed by atoms with Gasteiger partial charge in [-0.05, 0) is 6.07 Å². The Morgan fingerprint density at radius 1 is 1.16 bits per heavy atom. The van der Waals surface area contributed by atoms with E-state index in [0.717, 1.165) is 32.5 Å². The van der Waals surface area contributed by atoms with Crippen LogP contribution in [-0.2, 0) is 9.47 Å². The van der Waals surface area contributed by atoms with Crippen LogP contribution in [0.1, 0.15) is 0 Å². The second-order valence-corrected chi connectivity index (χ2v) is 4.41. The van der Waals surface area contributed by atoms with Crippen molar-refractivity contribution in [3.05, 3.63) is 41.9 Å². The maximum atomic E-state index is 5.58. The summed E-state index contributed by atoms with van der Waals surface area (Å²) >= 11 is 0. The Hall–Kier alpha value is -2.49. The van der Waals surface area contributed by atoms with Crippen LogP contribution in [0.3, 0.4) is 0 Å². The number of fused-ring (bicyclic) bond motifs is 2. The van der Waals surface area contributed by atoms with Gasteiger partial charge in [0.05, 0.1) is 7.11 Å². The molecule has 0 fully saturated rings. The fraction of sp³-hybridized carbons (Fsp3) is 0.133. The third-order valence-corrected chi connectivity index (χ3v) is 3.41. The van der Waals surface area contributed by atoms with Crippen molar-refractivity contribution in [2.45, 2.75) is 0 Å². The van der Waals surface area contributed by atoms with Crippen LogP contribution < -0.4 is 9.96 Å². The van der Waals surface area contributed by atoms with Gasteiger partial charge in [0.25, 0.3) is 5.95 Å². The molecule has 0 N–H and O–H groups in total. The third kappa shape index (κ3) is 1.37. The molecule has 3 aromatic rings. The van der Waals surface area contributed by atoms with Crippen LogP contribution in [0.25, 0.3) is 27.5 Å². The van der Waals surface area contributed by atoms with Gasteiger partial charge in [0.2, 0.25) is 6.79 Å². The van der Waals surface area contributed by atoms with Gasteiger partial charge in [-0.2, -0.15) is 0 Å². The van der Waals surface area contributed by atoms with Crippen molar-refractivity contribution in [3.8, 4) is 5.75 Å². The average molecular weight is 253 g/mol. The number of ether oxygens (including phenoxy) is 3. The number of rotatable bonds is 1. The molecule has 2 aromatic carbocycles. The fourth-order valence-corrected chi connectivity index (χ4v) is 2.63. The van der Waals surface area contributed by atoms with Gasteiger partial charge in [-0.1, -0.05) is 18.2 Å². The van der Waals surface area contributed by atoms with Crippen LogP contribution in [0, 0.1) is 0 Å². The zero-order chi connectivity index (χ0) is 12.8. The molecule has 0 aliphatic carbocycles. The van der Waals surface area contributed by atoms with E-state index in [-0.39, 0.29) is 6.79 Å². The molecule has 0 unspecified atom stereocenters. The highest BCUT2D eigenvalue weighted by atomic mass is 16.7. The molecule has 4 heteroatoms. The highest BCUT2D eigenvalue weighted by molar-refractivity contribution is 6.10. The van der Waals surface area contributed by atoms with Gasteiger partial charge in [-0.15, -0.1) is 0 Å². The van der Waals surface area contributed by atoms with Crippen LogP contribution >= 0.6 is 0 Å². The number of hydrogen-bond acceptors (Lipinski definition) is 4. The van der Waals surface area contributed by atoms with Crippen molar-refractivity contribution in [1.82, 2.24) is 4.98 Å². The first-order valence-corrected chi connectivity index (χ1v) is 6.01. The number of hydrogen-bond donors (Lipinski definition) is 0. The summed E-state index contributed by atoms with van der Waals surface area (Å²) in [6.45, 7) is 0.171. The standard InChI is InChI=1S/C15H11NO3/c1-17-15-14-11-4-2-3-9-6-16-7-10(13(9)11)5-12(14)18-8-19-15/h2-7H,8H2,1H3. The Balaban J connectivity index is 2.33. The fourth-order valence-electron chi connectivity index (χ4n) is 2.63. The zero-order valence-corrected chi connectivity index (χ0v) is 10.3. The molecule has 0 saturated carbocycles. The van der Waals surface area contributed by atoms with Crippen LogP contribution in [-0.4, -0.2) is 18.9 Å². The average Bonchev–Trinajstić information content (AvgIpc) is 2.47. The predicted octanol–water partition coefficient (Wildman–Crippen LogP) is 2.19. The summed E-state index contributed by atoms with van der Waals surface area (Å²) in [5.41, 5.74) is 0. The monoisotopic (exact) mass is 253 g/mol. The van der Waals surface area contributed by atoms with Crippen LogP contribution in [0.2, 0.25) is 0 Å². The Kier molecular flexibility index (Phi) is 2.06. The number of nitrogens with zero attached hydrogens (tertiary/aromatic N) is 1. The van der Waals surface area contributed by atoms with Crippen molar-refractivity contribution in [1.29, 1.82) is 0 Å². The summed E-state index contributed by atoms with van der Waals surface area (Å²) in [4.78, 5) is 4.26. The Morgan fingerprint density at radius 3 is 2.95 bits per heavy atom. The number of benzene rings is 2. The minimum absolute atomic E-state index is 0.171. The van der Waals surface area contributed by atoms with Gasteiger partial charge in [0.1, 0.15) is 11.0 Å². The van der Waals surface area contributed by atoms with Gasteiger partial charge in [0.15, 0.2) is 0 Å². The molecule has 2 heterocycles. The zero-order valence-electron chi connectivity index (χ0n) is 10.3. The minimum Gasteiger partial charge on any atom is -0.468 e. The molecule has 19 heavy (non-hydrogen) atoms. The Labute approximate surface area is 109 Å². The van der Waals surface area contributed by atoms with E-state index in [1.807, 2.05) is 36.7 Å². The summed E-state index contributed by atoms with van der Waals surface area (Å²) in [5.74, 6) is 1.28. The first kappa shape index (κ1) is 10.4. The van der Waals surface area contributed by atoms with E-state index in [4.69, 9.17) is 14.2 Å². The van der Waals surface area contributed by atoms with E-state index in [0.29, 0.717) is 5.95 Å². The highest BCUT2D eigenvalue weighted by Crippen LogP contribution is 2.28. The van der Waals surface area contributed by atoms with E-state index in [9.17, 15) is 0 Å². The molecule has 4 rings (SSSR count). The lowest BCUT2D eigenvalue weighted by Gasteiger charge is -2.19. The molecule has 0 amide bonds. The van der Waals surface area contributed by atoms with E-state index in [1.54, 1.807) is 7.11 Å². The molecule has 0 saturated heterocycles. The van der Waals surface area contributed by atoms with Crippen molar-refractivity contribution >= 4 is 27.5 Å². The van der Waals surface area contributed by atoms with Crippen LogP contribution in [0.15, 0.2) is 36.7 Å². The molecule has 0 spiro atoms. The molecular weight excluding hydrogens is 242 g/mol. The smallest absolute Gasteiger partial charge is 0.293 e. The Bertz CT molecular complexity index is 836. The number of pyridine rings is 1. The quantitative estimate of drug-likeness (QED) is 0.666. The van der Waals surface area contributed by atoms with Gasteiger partial charge in [-0.3, -0.25) is 4.98 Å². The van der Waals surface area contributed by atoms with Crippen LogP contribution in [0.5, 0.6) is 5.75 Å². The summed E-state index contributed by atoms with van der Waals surface area (Å²) in [7, 11) is 1.60. The minimum atomic E-state index is 0.171. The normalized spacial score (nSPS) is 14.1. The van der Waals surface area contributed by atoms with E-state index < -0.39 is 0 Å². The molecule has 4 nitrogen and oxygen atoms in total. The first-order chi connectivity index (χ1) is 9.38. The Morgan fingerprint density at radius 2 is 2.05 bits per heavy atom. The third-order valence-electron chi connectivity index (χ3n) is 3.41. The van der Waals surface area contributed by atoms with Crippen molar-refractivity contribution in [2.24, 2.45) is 0 Å². The highest BCUT2D eigenvalue weighted by Gasteiger charge is 2.17. The lowest BCUT2D eigenvalue weighted by Crippen LogP contribution is -2.23. The molecule has 0 radical (unpaired) electrons. The molecule has 0 atom stereocenters. The summed E-state index contributed by atoms with van der Waals surface area (Å²) in [6.07, 6.45) is 3.71. The predicted molar refractivity (Wildman–Crippen MR) is 71.5 cm³/mol. The van der Waals surface area contributed by atoms with Crippen molar-refractivity contribution in [3.63, 3.8) is 0 Å². The van der Waals surface area contributed by atoms with E-state index >= 15 is 0 Å². The van der Waals surface area contributed by atoms with Gasteiger partial charge in [-0.25, -0.2) is 0 Å². The second-order valence-electron chi connectivity index (χ2n) is 4.41. The summed E-state index contributed by atoms with van der Waals surface area (Å²) in [6, 6.07) is 8.08. The second kappa shape index (κ2) is 3.75. The van der Waals surface area contributed by atoms with E-state index in [1.165, 1.54) is 0 Å². The van der Waals surface area contributed by atoms with Crippen molar-refractivity contribution in [2.75, 3.05) is 13.9 Å². The molecular formula is C15H11NO3. The summed E-state index contributed by atoms with van der Waals surface area (Å²) in [5, 5.41) is 5.24. The van der Waals surface area contributed by atoms with Crippen LogP contribution in [0.4, 0.5) is 0 Å². The van der Waals surface area contributed by atoms with Crippen molar-refractivity contribution < 1.29 is 14.2 Å². The van der Waals surface area contributed by atoms with Gasteiger partial charge in [0, 0.05) is 33.9 Å². The lowest BCUT2D eigenvalue weighted by atomic mass is 10.0. The van der Waals surface area contributed by atoms with Gasteiger partial charge >= 0.3 is 0 Å². The molecule has 1 aliphatic heterocycles. The molecule has 1 aromatic heterocycles. The number of aromatic nitrogens is 1. The topological polar surface area (TPSA) is 40.6 Å². The summed E-state index contributed by atoms with van der Waals surface area (Å²) < 4.78 is 16.3. The lowest BCUT2D eigenvalue weighted by molar-refractivity contribution is 0.0304.